The highest BCUT2D eigenvalue weighted by Gasteiger charge is 2.38. The SMILES string of the molecule is CC(C)N1CCC(N2CC[C@@H]3[C@H](CCCC(=O)N3C)C2)CC1. The first-order valence-electron chi connectivity index (χ1n) is 9.30. The zero-order chi connectivity index (χ0) is 15.7. The van der Waals surface area contributed by atoms with Crippen molar-refractivity contribution in [3.05, 3.63) is 0 Å². The Morgan fingerprint density at radius 1 is 1.05 bits per heavy atom. The van der Waals surface area contributed by atoms with Gasteiger partial charge in [-0.15, -0.1) is 0 Å². The molecule has 0 radical (unpaired) electrons. The molecule has 3 fully saturated rings. The normalized spacial score (nSPS) is 33.1. The Labute approximate surface area is 135 Å². The van der Waals surface area contributed by atoms with Crippen LogP contribution in [0.4, 0.5) is 0 Å². The molecular formula is C18H33N3O. The highest BCUT2D eigenvalue weighted by Crippen LogP contribution is 2.32. The van der Waals surface area contributed by atoms with Crippen molar-refractivity contribution in [2.45, 2.75) is 70.5 Å². The molecule has 0 saturated carbocycles. The van der Waals surface area contributed by atoms with Gasteiger partial charge in [0.2, 0.25) is 5.91 Å². The topological polar surface area (TPSA) is 26.8 Å². The van der Waals surface area contributed by atoms with E-state index in [4.69, 9.17) is 0 Å². The summed E-state index contributed by atoms with van der Waals surface area (Å²) in [5.41, 5.74) is 0. The molecule has 4 nitrogen and oxygen atoms in total. The Bertz CT molecular complexity index is 390. The van der Waals surface area contributed by atoms with Crippen molar-refractivity contribution in [2.75, 3.05) is 33.2 Å². The first-order valence-corrected chi connectivity index (χ1v) is 9.30. The van der Waals surface area contributed by atoms with Gasteiger partial charge in [-0.1, -0.05) is 0 Å². The van der Waals surface area contributed by atoms with Crippen LogP contribution in [0.25, 0.3) is 0 Å². The van der Waals surface area contributed by atoms with E-state index >= 15 is 0 Å². The molecule has 0 aliphatic carbocycles. The molecule has 3 saturated heterocycles. The van der Waals surface area contributed by atoms with Gasteiger partial charge in [0.25, 0.3) is 0 Å². The summed E-state index contributed by atoms with van der Waals surface area (Å²) in [4.78, 5) is 19.5. The molecule has 0 N–H and O–H groups in total. The summed E-state index contributed by atoms with van der Waals surface area (Å²) < 4.78 is 0. The molecule has 0 aromatic rings. The lowest BCUT2D eigenvalue weighted by Gasteiger charge is -2.46. The molecule has 3 aliphatic heterocycles. The quantitative estimate of drug-likeness (QED) is 0.782. The summed E-state index contributed by atoms with van der Waals surface area (Å²) in [6.07, 6.45) is 6.91. The smallest absolute Gasteiger partial charge is 0.222 e. The molecule has 2 atom stereocenters. The fourth-order valence-corrected chi connectivity index (χ4v) is 4.82. The number of fused-ring (bicyclic) bond motifs is 1. The Balaban J connectivity index is 1.57. The Morgan fingerprint density at radius 2 is 1.77 bits per heavy atom. The van der Waals surface area contributed by atoms with Crippen LogP contribution < -0.4 is 0 Å². The molecular weight excluding hydrogens is 274 g/mol. The van der Waals surface area contributed by atoms with Crippen LogP contribution in [0.2, 0.25) is 0 Å². The molecule has 22 heavy (non-hydrogen) atoms. The molecule has 3 aliphatic rings. The molecule has 4 heteroatoms. The first-order chi connectivity index (χ1) is 10.6. The van der Waals surface area contributed by atoms with Crippen LogP contribution in [-0.2, 0) is 4.79 Å². The van der Waals surface area contributed by atoms with Gasteiger partial charge in [-0.2, -0.15) is 0 Å². The standard InChI is InChI=1S/C18H33N3O/c1-14(2)20-10-7-16(8-11-20)21-12-9-17-15(13-21)5-4-6-18(22)19(17)3/h14-17H,4-13H2,1-3H3/t15-,17-/m1/s1. The number of nitrogens with zero attached hydrogens (tertiary/aromatic N) is 3. The average molecular weight is 307 g/mol. The predicted molar refractivity (Wildman–Crippen MR) is 89.8 cm³/mol. The van der Waals surface area contributed by atoms with E-state index in [0.717, 1.165) is 18.9 Å². The average Bonchev–Trinajstić information content (AvgIpc) is 2.67. The van der Waals surface area contributed by atoms with Crippen LogP contribution >= 0.6 is 0 Å². The van der Waals surface area contributed by atoms with Gasteiger partial charge < -0.3 is 9.80 Å². The summed E-state index contributed by atoms with van der Waals surface area (Å²) in [5.74, 6) is 1.07. The maximum atomic E-state index is 12.1. The van der Waals surface area contributed by atoms with E-state index in [1.165, 1.54) is 51.9 Å². The second-order valence-electron chi connectivity index (χ2n) is 7.87. The number of likely N-dealkylation sites (tertiary alicyclic amines) is 3. The Morgan fingerprint density at radius 3 is 2.45 bits per heavy atom. The molecule has 3 heterocycles. The lowest BCUT2D eigenvalue weighted by molar-refractivity contribution is -0.133. The molecule has 0 bridgehead atoms. The van der Waals surface area contributed by atoms with Gasteiger partial charge >= 0.3 is 0 Å². The van der Waals surface area contributed by atoms with Crippen molar-refractivity contribution >= 4 is 5.91 Å². The minimum Gasteiger partial charge on any atom is -0.342 e. The van der Waals surface area contributed by atoms with Gasteiger partial charge in [-0.05, 0) is 65.0 Å². The van der Waals surface area contributed by atoms with E-state index in [1.807, 2.05) is 7.05 Å². The van der Waals surface area contributed by atoms with Crippen LogP contribution in [-0.4, -0.2) is 72.0 Å². The number of hydrogen-bond acceptors (Lipinski definition) is 3. The largest absolute Gasteiger partial charge is 0.342 e. The molecule has 0 aromatic heterocycles. The lowest BCUT2D eigenvalue weighted by Crippen LogP contribution is -2.55. The van der Waals surface area contributed by atoms with Gasteiger partial charge in [0.1, 0.15) is 0 Å². The van der Waals surface area contributed by atoms with Gasteiger partial charge in [-0.3, -0.25) is 9.69 Å². The number of rotatable bonds is 2. The van der Waals surface area contributed by atoms with Crippen molar-refractivity contribution in [3.8, 4) is 0 Å². The number of piperidine rings is 2. The van der Waals surface area contributed by atoms with Gasteiger partial charge in [-0.25, -0.2) is 0 Å². The fourth-order valence-electron chi connectivity index (χ4n) is 4.82. The summed E-state index contributed by atoms with van der Waals surface area (Å²) in [6.45, 7) is 9.53. The van der Waals surface area contributed by atoms with E-state index in [9.17, 15) is 4.79 Å². The monoisotopic (exact) mass is 307 g/mol. The zero-order valence-electron chi connectivity index (χ0n) is 14.6. The third-order valence-electron chi connectivity index (χ3n) is 6.33. The zero-order valence-corrected chi connectivity index (χ0v) is 14.6. The van der Waals surface area contributed by atoms with E-state index in [-0.39, 0.29) is 0 Å². The van der Waals surface area contributed by atoms with Crippen molar-refractivity contribution in [1.29, 1.82) is 0 Å². The minimum absolute atomic E-state index is 0.367. The lowest BCUT2D eigenvalue weighted by atomic mass is 9.86. The number of carbonyl (C=O) groups excluding carboxylic acids is 1. The van der Waals surface area contributed by atoms with Crippen LogP contribution in [0.3, 0.4) is 0 Å². The van der Waals surface area contributed by atoms with E-state index in [1.54, 1.807) is 0 Å². The van der Waals surface area contributed by atoms with Gasteiger partial charge in [0.15, 0.2) is 0 Å². The Hall–Kier alpha value is -0.610. The molecule has 0 spiro atoms. The van der Waals surface area contributed by atoms with Crippen LogP contribution in [0.15, 0.2) is 0 Å². The van der Waals surface area contributed by atoms with E-state index < -0.39 is 0 Å². The van der Waals surface area contributed by atoms with Crippen LogP contribution in [0, 0.1) is 5.92 Å². The van der Waals surface area contributed by atoms with Crippen molar-refractivity contribution in [3.63, 3.8) is 0 Å². The second-order valence-corrected chi connectivity index (χ2v) is 7.87. The Kier molecular flexibility index (Phi) is 5.08. The summed E-state index contributed by atoms with van der Waals surface area (Å²) >= 11 is 0. The highest BCUT2D eigenvalue weighted by atomic mass is 16.2. The van der Waals surface area contributed by atoms with Gasteiger partial charge in [0.05, 0.1) is 0 Å². The summed E-state index contributed by atoms with van der Waals surface area (Å²) in [7, 11) is 2.03. The second kappa shape index (κ2) is 6.88. The molecule has 126 valence electrons. The third-order valence-corrected chi connectivity index (χ3v) is 6.33. The molecule has 0 aromatic carbocycles. The van der Waals surface area contributed by atoms with Crippen molar-refractivity contribution < 1.29 is 4.79 Å². The first kappa shape index (κ1) is 16.3. The minimum atomic E-state index is 0.367. The van der Waals surface area contributed by atoms with E-state index in [0.29, 0.717) is 23.9 Å². The number of hydrogen-bond donors (Lipinski definition) is 0. The molecule has 1 amide bonds. The van der Waals surface area contributed by atoms with Crippen molar-refractivity contribution in [2.24, 2.45) is 5.92 Å². The number of carbonyl (C=O) groups is 1. The van der Waals surface area contributed by atoms with Gasteiger partial charge in [0, 0.05) is 44.7 Å². The predicted octanol–water partition coefficient (Wildman–Crippen LogP) is 2.19. The van der Waals surface area contributed by atoms with Crippen molar-refractivity contribution in [1.82, 2.24) is 14.7 Å². The molecule has 0 unspecified atom stereocenters. The van der Waals surface area contributed by atoms with E-state index in [2.05, 4.69) is 28.5 Å². The fraction of sp³-hybridized carbons (Fsp3) is 0.944. The van der Waals surface area contributed by atoms with Crippen LogP contribution in [0.1, 0.15) is 52.4 Å². The third kappa shape index (κ3) is 3.33. The highest BCUT2D eigenvalue weighted by molar-refractivity contribution is 5.76. The number of amides is 1. The summed E-state index contributed by atoms with van der Waals surface area (Å²) in [5, 5.41) is 0. The van der Waals surface area contributed by atoms with Crippen LogP contribution in [0.5, 0.6) is 0 Å². The molecule has 3 rings (SSSR count). The maximum Gasteiger partial charge on any atom is 0.222 e. The maximum absolute atomic E-state index is 12.1. The summed E-state index contributed by atoms with van der Waals surface area (Å²) in [6, 6.07) is 1.97.